The van der Waals surface area contributed by atoms with Gasteiger partial charge in [0.2, 0.25) is 16.0 Å². The monoisotopic (exact) mass is 477 g/mol. The lowest BCUT2D eigenvalue weighted by atomic mass is 10.0. The predicted octanol–water partition coefficient (Wildman–Crippen LogP) is 2.78. The Labute approximate surface area is 186 Å². The first kappa shape index (κ1) is 20.0. The molecule has 0 unspecified atom stereocenters. The van der Waals surface area contributed by atoms with Gasteiger partial charge in [0, 0.05) is 7.05 Å². The molecule has 0 saturated carbocycles. The molecular formula is C18H16ClN7O3S2. The number of pyridine rings is 1. The maximum Gasteiger partial charge on any atom is 0.266 e. The Morgan fingerprint density at radius 2 is 2.06 bits per heavy atom. The Morgan fingerprint density at radius 1 is 1.29 bits per heavy atom. The van der Waals surface area contributed by atoms with E-state index in [9.17, 15) is 8.42 Å². The fourth-order valence-corrected chi connectivity index (χ4v) is 6.61. The second-order valence-corrected chi connectivity index (χ2v) is 10.8. The van der Waals surface area contributed by atoms with E-state index in [2.05, 4.69) is 20.6 Å². The average molecular weight is 478 g/mol. The van der Waals surface area contributed by atoms with Crippen LogP contribution < -0.4 is 5.32 Å². The summed E-state index contributed by atoms with van der Waals surface area (Å²) in [7, 11) is -2.31. The fraction of sp³-hybridized carbons (Fsp3) is 0.222. The minimum absolute atomic E-state index is 0.216. The molecular weight excluding hydrogens is 462 g/mol. The van der Waals surface area contributed by atoms with Crippen molar-refractivity contribution in [1.29, 1.82) is 5.41 Å². The van der Waals surface area contributed by atoms with E-state index in [4.69, 9.17) is 21.4 Å². The summed E-state index contributed by atoms with van der Waals surface area (Å²) in [4.78, 5) is 1.16. The molecule has 1 aliphatic heterocycles. The van der Waals surface area contributed by atoms with Gasteiger partial charge in [-0.1, -0.05) is 17.7 Å². The largest absolute Gasteiger partial charge is 0.414 e. The highest BCUT2D eigenvalue weighted by molar-refractivity contribution is 7.89. The number of aromatic nitrogens is 4. The van der Waals surface area contributed by atoms with Crippen molar-refractivity contribution in [3.8, 4) is 22.4 Å². The van der Waals surface area contributed by atoms with E-state index in [1.54, 1.807) is 23.7 Å². The van der Waals surface area contributed by atoms with Crippen molar-refractivity contribution in [3.05, 3.63) is 46.4 Å². The zero-order valence-electron chi connectivity index (χ0n) is 16.3. The number of thiophene rings is 1. The Bertz CT molecular complexity index is 1440. The first-order chi connectivity index (χ1) is 14.7. The Balaban J connectivity index is 1.53. The van der Waals surface area contributed by atoms with Crippen molar-refractivity contribution < 1.29 is 12.8 Å². The van der Waals surface area contributed by atoms with Gasteiger partial charge in [-0.3, -0.25) is 5.41 Å². The average Bonchev–Trinajstić information content (AvgIpc) is 3.44. The third-order valence-electron chi connectivity index (χ3n) is 5.06. The molecule has 1 saturated heterocycles. The summed E-state index contributed by atoms with van der Waals surface area (Å²) in [5.41, 5.74) is 0.475. The summed E-state index contributed by atoms with van der Waals surface area (Å²) < 4.78 is 33.4. The molecule has 0 aliphatic carbocycles. The second kappa shape index (κ2) is 6.77. The molecule has 0 bridgehead atoms. The van der Waals surface area contributed by atoms with E-state index in [0.29, 0.717) is 26.4 Å². The van der Waals surface area contributed by atoms with Gasteiger partial charge in [-0.25, -0.2) is 17.2 Å². The van der Waals surface area contributed by atoms with Crippen LogP contribution in [0.25, 0.3) is 27.9 Å². The standard InChI is InChI=1S/C18H16ClN7O3S2/c1-18(9-31(27,28)25(2)17(20)22-18)14-11(19)8-13(30-14)16-24-23-15(29-16)12-5-3-4-10-6-7-21-26(10)12/h3-8H,9H2,1-2H3,(H2,20,22)/t18-/m0/s1. The first-order valence-corrected chi connectivity index (χ1v) is 11.9. The Morgan fingerprint density at radius 3 is 2.84 bits per heavy atom. The maximum atomic E-state index is 12.5. The van der Waals surface area contributed by atoms with E-state index in [0.717, 1.165) is 9.82 Å². The zero-order chi connectivity index (χ0) is 22.0. The number of fused-ring (bicyclic) bond motifs is 1. The van der Waals surface area contributed by atoms with Crippen LogP contribution in [0.15, 0.2) is 40.9 Å². The molecule has 4 aromatic rings. The van der Waals surface area contributed by atoms with Crippen LogP contribution in [0.1, 0.15) is 11.8 Å². The Kier molecular flexibility index (Phi) is 4.36. The van der Waals surface area contributed by atoms with E-state index >= 15 is 0 Å². The molecule has 0 aromatic carbocycles. The van der Waals surface area contributed by atoms with Crippen LogP contribution in [-0.2, 0) is 15.6 Å². The molecule has 5 rings (SSSR count). The minimum atomic E-state index is -3.65. The number of nitrogens with zero attached hydrogens (tertiary/aromatic N) is 5. The molecule has 160 valence electrons. The van der Waals surface area contributed by atoms with Crippen LogP contribution in [0.4, 0.5) is 0 Å². The molecule has 2 N–H and O–H groups in total. The number of hydrogen-bond acceptors (Lipinski definition) is 8. The lowest BCUT2D eigenvalue weighted by Gasteiger charge is -2.39. The van der Waals surface area contributed by atoms with Crippen molar-refractivity contribution in [1.82, 2.24) is 29.4 Å². The van der Waals surface area contributed by atoms with Crippen LogP contribution in [0.5, 0.6) is 0 Å². The number of nitrogens with one attached hydrogen (secondary N) is 2. The third kappa shape index (κ3) is 3.18. The van der Waals surface area contributed by atoms with Gasteiger partial charge in [-0.05, 0) is 31.2 Å². The van der Waals surface area contributed by atoms with E-state index in [1.807, 2.05) is 24.3 Å². The molecule has 1 atom stereocenters. The van der Waals surface area contributed by atoms with E-state index in [1.165, 1.54) is 18.4 Å². The van der Waals surface area contributed by atoms with Gasteiger partial charge >= 0.3 is 0 Å². The van der Waals surface area contributed by atoms with Crippen molar-refractivity contribution >= 4 is 44.4 Å². The summed E-state index contributed by atoms with van der Waals surface area (Å²) in [5, 5.41) is 23.9. The van der Waals surface area contributed by atoms with Crippen molar-refractivity contribution in [3.63, 3.8) is 0 Å². The van der Waals surface area contributed by atoms with Crippen molar-refractivity contribution in [2.45, 2.75) is 12.5 Å². The van der Waals surface area contributed by atoms with Gasteiger partial charge in [0.25, 0.3) is 11.8 Å². The molecule has 0 amide bonds. The molecule has 10 nitrogen and oxygen atoms in total. The highest BCUT2D eigenvalue weighted by Crippen LogP contribution is 2.42. The van der Waals surface area contributed by atoms with Gasteiger partial charge in [-0.2, -0.15) is 5.10 Å². The van der Waals surface area contributed by atoms with Crippen LogP contribution >= 0.6 is 22.9 Å². The molecule has 5 heterocycles. The van der Waals surface area contributed by atoms with Gasteiger partial charge in [-0.15, -0.1) is 21.5 Å². The van der Waals surface area contributed by atoms with Crippen molar-refractivity contribution in [2.75, 3.05) is 12.8 Å². The van der Waals surface area contributed by atoms with Crippen LogP contribution in [0.2, 0.25) is 5.02 Å². The topological polar surface area (TPSA) is 129 Å². The molecule has 0 radical (unpaired) electrons. The van der Waals surface area contributed by atoms with Crippen LogP contribution in [0.3, 0.4) is 0 Å². The zero-order valence-corrected chi connectivity index (χ0v) is 18.7. The van der Waals surface area contributed by atoms with Crippen LogP contribution in [0, 0.1) is 5.41 Å². The molecule has 1 fully saturated rings. The highest BCUT2D eigenvalue weighted by atomic mass is 35.5. The predicted molar refractivity (Wildman–Crippen MR) is 117 cm³/mol. The lowest BCUT2D eigenvalue weighted by Crippen LogP contribution is -2.60. The van der Waals surface area contributed by atoms with E-state index < -0.39 is 15.6 Å². The number of guanidine groups is 1. The maximum absolute atomic E-state index is 12.5. The normalized spacial score (nSPS) is 20.9. The fourth-order valence-electron chi connectivity index (χ4n) is 3.49. The first-order valence-electron chi connectivity index (χ1n) is 9.08. The van der Waals surface area contributed by atoms with Crippen LogP contribution in [-0.4, -0.2) is 51.3 Å². The smallest absolute Gasteiger partial charge is 0.266 e. The highest BCUT2D eigenvalue weighted by Gasteiger charge is 2.44. The van der Waals surface area contributed by atoms with Gasteiger partial charge in [0.15, 0.2) is 0 Å². The Hall–Kier alpha value is -2.96. The third-order valence-corrected chi connectivity index (χ3v) is 8.82. The summed E-state index contributed by atoms with van der Waals surface area (Å²) in [6.45, 7) is 1.70. The van der Waals surface area contributed by atoms with Gasteiger partial charge in [0.05, 0.1) is 37.8 Å². The molecule has 0 spiro atoms. The summed E-state index contributed by atoms with van der Waals surface area (Å²) in [6.07, 6.45) is 1.68. The quantitative estimate of drug-likeness (QED) is 0.464. The molecule has 4 aromatic heterocycles. The molecule has 31 heavy (non-hydrogen) atoms. The lowest BCUT2D eigenvalue weighted by molar-refractivity contribution is 0.424. The van der Waals surface area contributed by atoms with E-state index in [-0.39, 0.29) is 17.6 Å². The van der Waals surface area contributed by atoms with Crippen molar-refractivity contribution in [2.24, 2.45) is 0 Å². The minimum Gasteiger partial charge on any atom is -0.414 e. The summed E-state index contributed by atoms with van der Waals surface area (Å²) >= 11 is 7.71. The number of rotatable bonds is 3. The van der Waals surface area contributed by atoms with Gasteiger partial charge < -0.3 is 9.73 Å². The second-order valence-electron chi connectivity index (χ2n) is 7.31. The summed E-state index contributed by atoms with van der Waals surface area (Å²) in [6, 6.07) is 9.14. The molecule has 13 heteroatoms. The SMILES string of the molecule is CN1C(=N)N[C@](C)(c2sc(-c3nnc(-c4cccc5ccnn45)o3)cc2Cl)CS1(=O)=O. The number of hydrogen-bond donors (Lipinski definition) is 2. The summed E-state index contributed by atoms with van der Waals surface area (Å²) in [5.74, 6) is 0.0943. The molecule has 1 aliphatic rings. The van der Waals surface area contributed by atoms with Gasteiger partial charge in [0.1, 0.15) is 5.69 Å². The number of halogens is 1. The number of sulfonamides is 1.